The zero-order chi connectivity index (χ0) is 15.9. The Kier molecular flexibility index (Phi) is 4.52. The molecule has 0 spiro atoms. The highest BCUT2D eigenvalue weighted by Crippen LogP contribution is 2.53. The molecule has 0 aliphatic heterocycles. The minimum absolute atomic E-state index is 0.0145. The maximum Gasteiger partial charge on any atom is 0.232 e. The van der Waals surface area contributed by atoms with Crippen molar-refractivity contribution in [3.8, 4) is 0 Å². The number of rotatable bonds is 5. The molecule has 0 radical (unpaired) electrons. The normalized spacial score (nSPS) is 23.0. The van der Waals surface area contributed by atoms with E-state index < -0.39 is 21.9 Å². The van der Waals surface area contributed by atoms with Gasteiger partial charge in [0, 0.05) is 6.54 Å². The molecule has 1 aromatic carbocycles. The second-order valence-electron chi connectivity index (χ2n) is 5.47. The van der Waals surface area contributed by atoms with Gasteiger partial charge in [-0.3, -0.25) is 4.31 Å². The molecule has 3 atom stereocenters. The van der Waals surface area contributed by atoms with Crippen molar-refractivity contribution in [2.75, 3.05) is 17.1 Å². The van der Waals surface area contributed by atoms with Crippen molar-refractivity contribution in [2.45, 2.75) is 32.3 Å². The summed E-state index contributed by atoms with van der Waals surface area (Å²) in [5, 5.41) is 9.54. The van der Waals surface area contributed by atoms with Gasteiger partial charge in [0.25, 0.3) is 0 Å². The molecule has 2 rings (SSSR count). The molecule has 1 N–H and O–H groups in total. The number of nitrogens with zero attached hydrogens (tertiary/aromatic N) is 1. The van der Waals surface area contributed by atoms with Crippen LogP contribution >= 0.6 is 11.6 Å². The fraction of sp³-hybridized carbons (Fsp3) is 0.571. The third-order valence-corrected chi connectivity index (χ3v) is 5.43. The van der Waals surface area contributed by atoms with Crippen molar-refractivity contribution in [2.24, 2.45) is 5.92 Å². The first-order chi connectivity index (χ1) is 9.68. The van der Waals surface area contributed by atoms with E-state index in [0.717, 1.165) is 10.6 Å². The van der Waals surface area contributed by atoms with E-state index in [1.54, 1.807) is 19.9 Å². The predicted octanol–water partition coefficient (Wildman–Crippen LogP) is 2.75. The van der Waals surface area contributed by atoms with Crippen LogP contribution in [0.1, 0.15) is 31.7 Å². The second kappa shape index (κ2) is 5.74. The van der Waals surface area contributed by atoms with Crippen LogP contribution in [0, 0.1) is 11.7 Å². The zero-order valence-corrected chi connectivity index (χ0v) is 13.7. The van der Waals surface area contributed by atoms with Crippen molar-refractivity contribution < 1.29 is 17.9 Å². The maximum absolute atomic E-state index is 14.4. The summed E-state index contributed by atoms with van der Waals surface area (Å²) in [6.45, 7) is 3.45. The van der Waals surface area contributed by atoms with Crippen LogP contribution in [0.5, 0.6) is 0 Å². The molecule has 1 saturated carbocycles. The number of hydrogen-bond donors (Lipinski definition) is 1. The van der Waals surface area contributed by atoms with Crippen LogP contribution in [0.2, 0.25) is 5.02 Å². The Morgan fingerprint density at radius 1 is 1.52 bits per heavy atom. The van der Waals surface area contributed by atoms with Gasteiger partial charge in [-0.05, 0) is 43.7 Å². The first-order valence-electron chi connectivity index (χ1n) is 6.82. The van der Waals surface area contributed by atoms with Crippen molar-refractivity contribution in [1.29, 1.82) is 0 Å². The second-order valence-corrected chi connectivity index (χ2v) is 7.79. The van der Waals surface area contributed by atoms with Crippen LogP contribution in [0.15, 0.2) is 12.1 Å². The highest BCUT2D eigenvalue weighted by Gasteiger charge is 2.44. The first kappa shape index (κ1) is 16.5. The fourth-order valence-electron chi connectivity index (χ4n) is 2.77. The SMILES string of the molecule is CCN(c1c(C2CC2C(C)O)ccc(Cl)c1F)S(C)(=O)=O. The number of benzene rings is 1. The fourth-order valence-corrected chi connectivity index (χ4v) is 3.91. The number of aliphatic hydroxyl groups is 1. The van der Waals surface area contributed by atoms with Gasteiger partial charge in [0.15, 0.2) is 5.82 Å². The molecule has 0 saturated heterocycles. The molecule has 0 aromatic heterocycles. The smallest absolute Gasteiger partial charge is 0.232 e. The molecule has 0 amide bonds. The largest absolute Gasteiger partial charge is 0.393 e. The first-order valence-corrected chi connectivity index (χ1v) is 9.04. The summed E-state index contributed by atoms with van der Waals surface area (Å²) < 4.78 is 39.3. The molecule has 0 heterocycles. The van der Waals surface area contributed by atoms with Crippen molar-refractivity contribution in [3.05, 3.63) is 28.5 Å². The Labute approximate surface area is 129 Å². The van der Waals surface area contributed by atoms with E-state index in [4.69, 9.17) is 11.6 Å². The summed E-state index contributed by atoms with van der Waals surface area (Å²) in [7, 11) is -3.60. The van der Waals surface area contributed by atoms with Gasteiger partial charge < -0.3 is 5.11 Å². The average Bonchev–Trinajstić information content (AvgIpc) is 3.14. The van der Waals surface area contributed by atoms with Crippen molar-refractivity contribution in [3.63, 3.8) is 0 Å². The molecule has 1 aliphatic carbocycles. The van der Waals surface area contributed by atoms with E-state index in [2.05, 4.69) is 0 Å². The Bertz CT molecular complexity index is 648. The Morgan fingerprint density at radius 2 is 2.14 bits per heavy atom. The van der Waals surface area contributed by atoms with Gasteiger partial charge in [0.2, 0.25) is 10.0 Å². The lowest BCUT2D eigenvalue weighted by Crippen LogP contribution is -2.31. The Morgan fingerprint density at radius 3 is 2.57 bits per heavy atom. The molecular formula is C14H19ClFNO3S. The summed E-state index contributed by atoms with van der Waals surface area (Å²) in [5.74, 6) is -0.733. The number of anilines is 1. The lowest BCUT2D eigenvalue weighted by atomic mass is 10.0. The van der Waals surface area contributed by atoms with Crippen molar-refractivity contribution >= 4 is 27.3 Å². The average molecular weight is 336 g/mol. The number of halogens is 2. The highest BCUT2D eigenvalue weighted by molar-refractivity contribution is 7.92. The lowest BCUT2D eigenvalue weighted by molar-refractivity contribution is 0.169. The molecule has 4 nitrogen and oxygen atoms in total. The summed E-state index contributed by atoms with van der Waals surface area (Å²) in [6, 6.07) is 3.09. The molecule has 1 fully saturated rings. The van der Waals surface area contributed by atoms with Crippen LogP contribution in [0.4, 0.5) is 10.1 Å². The van der Waals surface area contributed by atoms with Gasteiger partial charge in [0.05, 0.1) is 23.1 Å². The third-order valence-electron chi connectivity index (χ3n) is 3.90. The van der Waals surface area contributed by atoms with Gasteiger partial charge in [0.1, 0.15) is 0 Å². The summed E-state index contributed by atoms with van der Waals surface area (Å²) in [5.41, 5.74) is 0.607. The zero-order valence-electron chi connectivity index (χ0n) is 12.2. The number of hydrogen-bond acceptors (Lipinski definition) is 3. The van der Waals surface area contributed by atoms with Crippen LogP contribution < -0.4 is 4.31 Å². The molecular weight excluding hydrogens is 317 g/mol. The van der Waals surface area contributed by atoms with Crippen LogP contribution in [-0.4, -0.2) is 32.4 Å². The molecule has 1 aromatic rings. The summed E-state index contributed by atoms with van der Waals surface area (Å²) in [6.07, 6.45) is 1.25. The summed E-state index contributed by atoms with van der Waals surface area (Å²) >= 11 is 5.82. The van der Waals surface area contributed by atoms with Gasteiger partial charge in [-0.1, -0.05) is 17.7 Å². The standard InChI is InChI=1S/C14H19ClFNO3S/c1-4-17(21(3,19)20)14-9(5-6-12(15)13(14)16)11-7-10(11)8(2)18/h5-6,8,10-11,18H,4,7H2,1-3H3. The van der Waals surface area contributed by atoms with Crippen LogP contribution in [0.3, 0.4) is 0 Å². The van der Waals surface area contributed by atoms with Gasteiger partial charge in [-0.25, -0.2) is 12.8 Å². The van der Waals surface area contributed by atoms with Gasteiger partial charge in [-0.2, -0.15) is 0 Å². The lowest BCUT2D eigenvalue weighted by Gasteiger charge is -2.24. The minimum atomic E-state index is -3.60. The molecule has 21 heavy (non-hydrogen) atoms. The third kappa shape index (κ3) is 3.17. The Hall–Kier alpha value is -0.850. The van der Waals surface area contributed by atoms with E-state index in [9.17, 15) is 17.9 Å². The van der Waals surface area contributed by atoms with Gasteiger partial charge in [-0.15, -0.1) is 0 Å². The van der Waals surface area contributed by atoms with E-state index in [-0.39, 0.29) is 29.1 Å². The minimum Gasteiger partial charge on any atom is -0.393 e. The molecule has 1 aliphatic rings. The van der Waals surface area contributed by atoms with Crippen LogP contribution in [-0.2, 0) is 10.0 Å². The van der Waals surface area contributed by atoms with Gasteiger partial charge >= 0.3 is 0 Å². The summed E-state index contributed by atoms with van der Waals surface area (Å²) in [4.78, 5) is 0. The quantitative estimate of drug-likeness (QED) is 0.900. The molecule has 118 valence electrons. The molecule has 0 bridgehead atoms. The maximum atomic E-state index is 14.4. The number of aliphatic hydroxyl groups excluding tert-OH is 1. The van der Waals surface area contributed by atoms with E-state index in [1.165, 1.54) is 6.07 Å². The van der Waals surface area contributed by atoms with E-state index >= 15 is 0 Å². The van der Waals surface area contributed by atoms with Crippen LogP contribution in [0.25, 0.3) is 0 Å². The molecule has 7 heteroatoms. The monoisotopic (exact) mass is 335 g/mol. The number of sulfonamides is 1. The topological polar surface area (TPSA) is 57.6 Å². The van der Waals surface area contributed by atoms with Crippen molar-refractivity contribution in [1.82, 2.24) is 0 Å². The van der Waals surface area contributed by atoms with E-state index in [1.807, 2.05) is 0 Å². The van der Waals surface area contributed by atoms with E-state index in [0.29, 0.717) is 12.0 Å². The highest BCUT2D eigenvalue weighted by atomic mass is 35.5. The Balaban J connectivity index is 2.55. The predicted molar refractivity (Wildman–Crippen MR) is 81.8 cm³/mol. The molecule has 3 unspecified atom stereocenters.